The van der Waals surface area contributed by atoms with Gasteiger partial charge in [-0.05, 0) is 43.2 Å². The Morgan fingerprint density at radius 3 is 2.32 bits per heavy atom. The Hall–Kier alpha value is -3.02. The topological polar surface area (TPSA) is 64.7 Å². The smallest absolute Gasteiger partial charge is 0.319 e. The first-order valence-electron chi connectivity index (χ1n) is 9.50. The Labute approximate surface area is 167 Å². The molecule has 2 aromatic rings. The van der Waals surface area contributed by atoms with Crippen LogP contribution in [0, 0.1) is 0 Å². The van der Waals surface area contributed by atoms with Gasteiger partial charge in [-0.15, -0.1) is 0 Å². The van der Waals surface area contributed by atoms with Crippen LogP contribution in [-0.2, 0) is 11.3 Å². The summed E-state index contributed by atoms with van der Waals surface area (Å²) >= 11 is 0. The maximum Gasteiger partial charge on any atom is 0.319 e. The van der Waals surface area contributed by atoms with E-state index >= 15 is 0 Å². The van der Waals surface area contributed by atoms with Gasteiger partial charge in [0, 0.05) is 45.5 Å². The zero-order valence-corrected chi connectivity index (χ0v) is 17.3. The first-order valence-corrected chi connectivity index (χ1v) is 9.50. The summed E-state index contributed by atoms with van der Waals surface area (Å²) in [7, 11) is 3.93. The lowest BCUT2D eigenvalue weighted by atomic mass is 10.0. The monoisotopic (exact) mass is 382 g/mol. The number of nitrogens with zero attached hydrogens (tertiary/aromatic N) is 2. The first kappa shape index (κ1) is 21.3. The molecule has 28 heavy (non-hydrogen) atoms. The number of nitrogens with one attached hydrogen (secondary N) is 2. The number of hydrogen-bond acceptors (Lipinski definition) is 3. The summed E-state index contributed by atoms with van der Waals surface area (Å²) in [5, 5.41) is 5.57. The fourth-order valence-corrected chi connectivity index (χ4v) is 3.18. The summed E-state index contributed by atoms with van der Waals surface area (Å²) in [5.41, 5.74) is 3.76. The second kappa shape index (κ2) is 9.78. The molecule has 0 saturated heterocycles. The number of carbonyl (C=O) groups excluding carboxylic acids is 2. The summed E-state index contributed by atoms with van der Waals surface area (Å²) in [6.07, 6.45) is 0. The quantitative estimate of drug-likeness (QED) is 0.761. The third-order valence-corrected chi connectivity index (χ3v) is 4.65. The van der Waals surface area contributed by atoms with Crippen molar-refractivity contribution in [2.24, 2.45) is 0 Å². The fraction of sp³-hybridized carbons (Fsp3) is 0.364. The average Bonchev–Trinajstić information content (AvgIpc) is 2.66. The zero-order chi connectivity index (χ0) is 20.7. The maximum atomic E-state index is 12.4. The molecular formula is C22H30N4O2. The summed E-state index contributed by atoms with van der Waals surface area (Å²) in [6.45, 7) is 6.50. The van der Waals surface area contributed by atoms with Crippen LogP contribution >= 0.6 is 0 Å². The van der Waals surface area contributed by atoms with E-state index in [2.05, 4.69) is 10.6 Å². The molecule has 6 heteroatoms. The molecule has 3 amide bonds. The van der Waals surface area contributed by atoms with E-state index in [1.54, 1.807) is 6.92 Å². The number of rotatable bonds is 7. The largest absolute Gasteiger partial charge is 0.377 e. The third-order valence-electron chi connectivity index (χ3n) is 4.65. The van der Waals surface area contributed by atoms with Crippen molar-refractivity contribution in [1.82, 2.24) is 10.2 Å². The summed E-state index contributed by atoms with van der Waals surface area (Å²) in [6, 6.07) is 15.4. The molecule has 1 unspecified atom stereocenters. The van der Waals surface area contributed by atoms with Crippen molar-refractivity contribution in [1.29, 1.82) is 0 Å². The van der Waals surface area contributed by atoms with Crippen molar-refractivity contribution in [3.8, 4) is 0 Å². The van der Waals surface area contributed by atoms with E-state index in [-0.39, 0.29) is 18.0 Å². The van der Waals surface area contributed by atoms with Crippen molar-refractivity contribution < 1.29 is 9.59 Å². The average molecular weight is 383 g/mol. The van der Waals surface area contributed by atoms with E-state index in [0.29, 0.717) is 18.8 Å². The molecular weight excluding hydrogens is 352 g/mol. The van der Waals surface area contributed by atoms with E-state index in [1.165, 1.54) is 0 Å². The third kappa shape index (κ3) is 5.49. The Balaban J connectivity index is 2.33. The SMILES string of the molecule is CCNC(=O)Nc1ccc(N(C)C)c(CN(C(C)=O)C(C)c2ccccc2)c1. The molecule has 1 atom stereocenters. The van der Waals surface area contributed by atoms with Crippen LogP contribution in [0.25, 0.3) is 0 Å². The number of carbonyl (C=O) groups is 2. The van der Waals surface area contributed by atoms with Crippen LogP contribution in [-0.4, -0.2) is 37.5 Å². The molecule has 2 rings (SSSR count). The molecule has 150 valence electrons. The molecule has 0 aliphatic heterocycles. The minimum Gasteiger partial charge on any atom is -0.377 e. The Morgan fingerprint density at radius 2 is 1.75 bits per heavy atom. The Kier molecular flexibility index (Phi) is 7.44. The molecule has 0 aromatic heterocycles. The van der Waals surface area contributed by atoms with Gasteiger partial charge in [0.1, 0.15) is 0 Å². The van der Waals surface area contributed by atoms with Gasteiger partial charge < -0.3 is 20.4 Å². The highest BCUT2D eigenvalue weighted by Gasteiger charge is 2.20. The van der Waals surface area contributed by atoms with E-state index in [1.807, 2.05) is 86.3 Å². The molecule has 0 heterocycles. The number of urea groups is 1. The van der Waals surface area contributed by atoms with Gasteiger partial charge in [0.2, 0.25) is 5.91 Å². The standard InChI is InChI=1S/C22H30N4O2/c1-6-23-22(28)24-20-12-13-21(25(4)5)19(14-20)15-26(17(3)27)16(2)18-10-8-7-9-11-18/h7-14,16H,6,15H2,1-5H3,(H2,23,24,28). The molecule has 0 aliphatic rings. The van der Waals surface area contributed by atoms with Crippen molar-refractivity contribution in [2.75, 3.05) is 30.9 Å². The normalized spacial score (nSPS) is 11.5. The minimum absolute atomic E-state index is 0.00291. The van der Waals surface area contributed by atoms with Crippen LogP contribution < -0.4 is 15.5 Å². The molecule has 0 fully saturated rings. The van der Waals surface area contributed by atoms with Crippen molar-refractivity contribution in [2.45, 2.75) is 33.4 Å². The Morgan fingerprint density at radius 1 is 1.07 bits per heavy atom. The lowest BCUT2D eigenvalue weighted by molar-refractivity contribution is -0.131. The summed E-state index contributed by atoms with van der Waals surface area (Å²) in [4.78, 5) is 28.1. The summed E-state index contributed by atoms with van der Waals surface area (Å²) in [5.74, 6) is 0.00291. The highest BCUT2D eigenvalue weighted by Crippen LogP contribution is 2.28. The van der Waals surface area contributed by atoms with Gasteiger partial charge in [-0.1, -0.05) is 30.3 Å². The lowest BCUT2D eigenvalue weighted by Gasteiger charge is -2.30. The predicted molar refractivity (Wildman–Crippen MR) is 115 cm³/mol. The van der Waals surface area contributed by atoms with Crippen molar-refractivity contribution in [3.05, 3.63) is 59.7 Å². The van der Waals surface area contributed by atoms with Gasteiger partial charge in [0.15, 0.2) is 0 Å². The number of benzene rings is 2. The van der Waals surface area contributed by atoms with Crippen LogP contribution in [0.1, 0.15) is 37.9 Å². The molecule has 2 N–H and O–H groups in total. The molecule has 0 aliphatic carbocycles. The zero-order valence-electron chi connectivity index (χ0n) is 17.3. The predicted octanol–water partition coefficient (Wildman–Crippen LogP) is 4.00. The molecule has 0 saturated carbocycles. The maximum absolute atomic E-state index is 12.4. The molecule has 2 aromatic carbocycles. The highest BCUT2D eigenvalue weighted by molar-refractivity contribution is 5.89. The summed E-state index contributed by atoms with van der Waals surface area (Å²) < 4.78 is 0. The van der Waals surface area contributed by atoms with E-state index < -0.39 is 0 Å². The van der Waals surface area contributed by atoms with E-state index in [9.17, 15) is 9.59 Å². The van der Waals surface area contributed by atoms with Crippen LogP contribution in [0.3, 0.4) is 0 Å². The lowest BCUT2D eigenvalue weighted by Crippen LogP contribution is -2.32. The Bertz CT molecular complexity index is 805. The first-order chi connectivity index (χ1) is 13.3. The second-order valence-corrected chi connectivity index (χ2v) is 6.96. The van der Waals surface area contributed by atoms with E-state index in [0.717, 1.165) is 16.8 Å². The van der Waals surface area contributed by atoms with Gasteiger partial charge in [-0.3, -0.25) is 4.79 Å². The van der Waals surface area contributed by atoms with Crippen molar-refractivity contribution in [3.63, 3.8) is 0 Å². The van der Waals surface area contributed by atoms with Crippen LogP contribution in [0.2, 0.25) is 0 Å². The van der Waals surface area contributed by atoms with Gasteiger partial charge >= 0.3 is 6.03 Å². The van der Waals surface area contributed by atoms with Crippen molar-refractivity contribution >= 4 is 23.3 Å². The molecule has 6 nitrogen and oxygen atoms in total. The molecule has 0 spiro atoms. The fourth-order valence-electron chi connectivity index (χ4n) is 3.18. The van der Waals surface area contributed by atoms with E-state index in [4.69, 9.17) is 0 Å². The van der Waals surface area contributed by atoms with Crippen LogP contribution in [0.15, 0.2) is 48.5 Å². The van der Waals surface area contributed by atoms with Gasteiger partial charge in [-0.25, -0.2) is 4.79 Å². The number of amides is 3. The van der Waals surface area contributed by atoms with Gasteiger partial charge in [0.25, 0.3) is 0 Å². The number of hydrogen-bond donors (Lipinski definition) is 2. The second-order valence-electron chi connectivity index (χ2n) is 6.96. The number of anilines is 2. The molecule has 0 bridgehead atoms. The van der Waals surface area contributed by atoms with Gasteiger partial charge in [-0.2, -0.15) is 0 Å². The molecule has 0 radical (unpaired) electrons. The van der Waals surface area contributed by atoms with Crippen LogP contribution in [0.4, 0.5) is 16.2 Å². The minimum atomic E-state index is -0.243. The van der Waals surface area contributed by atoms with Crippen LogP contribution in [0.5, 0.6) is 0 Å². The van der Waals surface area contributed by atoms with Gasteiger partial charge in [0.05, 0.1) is 6.04 Å². The highest BCUT2D eigenvalue weighted by atomic mass is 16.2.